The van der Waals surface area contributed by atoms with Gasteiger partial charge in [-0.05, 0) is 54.3 Å². The van der Waals surface area contributed by atoms with Crippen LogP contribution in [0.25, 0.3) is 0 Å². The van der Waals surface area contributed by atoms with Gasteiger partial charge in [-0.25, -0.2) is 0 Å². The quantitative estimate of drug-likeness (QED) is 0.503. The van der Waals surface area contributed by atoms with Crippen molar-refractivity contribution in [3.05, 3.63) is 0 Å². The Morgan fingerprint density at radius 1 is 0.769 bits per heavy atom. The molecule has 0 saturated heterocycles. The molecule has 0 radical (unpaired) electrons. The molecule has 0 aromatic rings. The van der Waals surface area contributed by atoms with Crippen molar-refractivity contribution in [2.75, 3.05) is 6.61 Å². The third-order valence-electron chi connectivity index (χ3n) is 0.730. The van der Waals surface area contributed by atoms with Gasteiger partial charge in [-0.15, -0.1) is 0 Å². The lowest BCUT2D eigenvalue weighted by molar-refractivity contribution is 0.350. The van der Waals surface area contributed by atoms with E-state index in [9.17, 15) is 0 Å². The van der Waals surface area contributed by atoms with Crippen molar-refractivity contribution in [3.63, 3.8) is 0 Å². The predicted octanol–water partition coefficient (Wildman–Crippen LogP) is 0.0156. The first kappa shape index (κ1) is 10.8. The third kappa shape index (κ3) is 9.76. The molecule has 0 saturated carbocycles. The van der Waals surface area contributed by atoms with Gasteiger partial charge in [0.15, 0.2) is 0 Å². The zero-order chi connectivity index (χ0) is 9.78. The molecule has 0 aromatic carbocycles. The number of hydrogen-bond acceptors (Lipinski definition) is 1. The third-order valence-corrected chi connectivity index (χ3v) is 0.730. The molecule has 0 spiro atoms. The summed E-state index contributed by atoms with van der Waals surface area (Å²) in [7, 11) is 0. The summed E-state index contributed by atoms with van der Waals surface area (Å²) in [5.74, 6) is 24.7. The molecule has 0 unspecified atom stereocenters. The molecule has 0 amide bonds. The lowest BCUT2D eigenvalue weighted by Gasteiger charge is -1.61. The molecule has 13 heavy (non-hydrogen) atoms. The topological polar surface area (TPSA) is 20.2 Å². The van der Waals surface area contributed by atoms with E-state index < -0.39 is 0 Å². The van der Waals surface area contributed by atoms with Gasteiger partial charge in [0.2, 0.25) is 0 Å². The van der Waals surface area contributed by atoms with Crippen LogP contribution in [0, 0.1) is 59.2 Å². The second-order valence-electron chi connectivity index (χ2n) is 1.58. The molecule has 0 aliphatic rings. The van der Waals surface area contributed by atoms with Gasteiger partial charge >= 0.3 is 0 Å². The first-order chi connectivity index (χ1) is 6.41. The van der Waals surface area contributed by atoms with E-state index in [1.807, 2.05) is 0 Å². The van der Waals surface area contributed by atoms with E-state index in [4.69, 9.17) is 5.11 Å². The normalized spacial score (nSPS) is 4.46. The highest BCUT2D eigenvalue weighted by Gasteiger charge is 1.57. The van der Waals surface area contributed by atoms with Crippen LogP contribution in [0.1, 0.15) is 6.92 Å². The van der Waals surface area contributed by atoms with Crippen LogP contribution in [-0.2, 0) is 0 Å². The van der Waals surface area contributed by atoms with Gasteiger partial charge in [0.05, 0.1) is 0 Å². The molecular weight excluding hydrogens is 160 g/mol. The Hall–Kier alpha value is -2.24. The zero-order valence-corrected chi connectivity index (χ0v) is 7.15. The van der Waals surface area contributed by atoms with Crippen LogP contribution in [0.4, 0.5) is 0 Å². The molecule has 0 aliphatic carbocycles. The summed E-state index contributed by atoms with van der Waals surface area (Å²) < 4.78 is 0. The van der Waals surface area contributed by atoms with Crippen molar-refractivity contribution in [2.45, 2.75) is 6.92 Å². The van der Waals surface area contributed by atoms with Crippen molar-refractivity contribution in [2.24, 2.45) is 0 Å². The standard InChI is InChI=1S/C12H6O/c1-2-3-4-5-6-7-8-9-10-11-12-13/h13H,12H2,1H3. The average Bonchev–Trinajstić information content (AvgIpc) is 2.16. The van der Waals surface area contributed by atoms with Gasteiger partial charge in [-0.3, -0.25) is 0 Å². The fourth-order valence-corrected chi connectivity index (χ4v) is 0.334. The van der Waals surface area contributed by atoms with Crippen molar-refractivity contribution < 1.29 is 5.11 Å². The highest BCUT2D eigenvalue weighted by atomic mass is 16.2. The Morgan fingerprint density at radius 2 is 1.23 bits per heavy atom. The van der Waals surface area contributed by atoms with E-state index in [2.05, 4.69) is 59.2 Å². The molecule has 60 valence electrons. The van der Waals surface area contributed by atoms with Crippen LogP contribution < -0.4 is 0 Å². The molecule has 0 rings (SSSR count). The molecule has 0 bridgehead atoms. The number of aliphatic hydroxyl groups excluding tert-OH is 1. The smallest absolute Gasteiger partial charge is 0.105 e. The first-order valence-electron chi connectivity index (χ1n) is 3.42. The average molecular weight is 166 g/mol. The number of hydrogen-bond donors (Lipinski definition) is 1. The molecule has 1 N–H and O–H groups in total. The minimum absolute atomic E-state index is 0.187. The fraction of sp³-hybridized carbons (Fsp3) is 0.167. The SMILES string of the molecule is CC#CC#CC#CC#CC#CCO. The highest BCUT2D eigenvalue weighted by Crippen LogP contribution is 1.56. The van der Waals surface area contributed by atoms with Gasteiger partial charge < -0.3 is 5.11 Å². The van der Waals surface area contributed by atoms with Gasteiger partial charge in [-0.2, -0.15) is 0 Å². The maximum absolute atomic E-state index is 8.25. The van der Waals surface area contributed by atoms with Crippen LogP contribution in [0.2, 0.25) is 0 Å². The maximum Gasteiger partial charge on any atom is 0.105 e. The van der Waals surface area contributed by atoms with Crippen LogP contribution in [0.3, 0.4) is 0 Å². The molecular formula is C12H6O. The molecule has 0 aromatic heterocycles. The van der Waals surface area contributed by atoms with Crippen LogP contribution >= 0.6 is 0 Å². The summed E-state index contributed by atoms with van der Waals surface area (Å²) in [4.78, 5) is 0. The van der Waals surface area contributed by atoms with Crippen LogP contribution in [0.15, 0.2) is 0 Å². The lowest BCUT2D eigenvalue weighted by Crippen LogP contribution is -1.68. The van der Waals surface area contributed by atoms with E-state index in [1.165, 1.54) is 0 Å². The Labute approximate surface area is 78.5 Å². The Balaban J connectivity index is 4.04. The summed E-state index contributed by atoms with van der Waals surface area (Å²) in [6.45, 7) is 1.51. The van der Waals surface area contributed by atoms with E-state index in [1.54, 1.807) is 6.92 Å². The summed E-state index contributed by atoms with van der Waals surface area (Å²) >= 11 is 0. The predicted molar refractivity (Wildman–Crippen MR) is 51.6 cm³/mol. The number of rotatable bonds is 0. The molecule has 1 nitrogen and oxygen atoms in total. The zero-order valence-electron chi connectivity index (χ0n) is 7.15. The van der Waals surface area contributed by atoms with Gasteiger partial charge in [0.25, 0.3) is 0 Å². The van der Waals surface area contributed by atoms with Crippen LogP contribution in [-0.4, -0.2) is 11.7 Å². The summed E-state index contributed by atoms with van der Waals surface area (Å²) in [5.41, 5.74) is 0. The van der Waals surface area contributed by atoms with Crippen LogP contribution in [0.5, 0.6) is 0 Å². The van der Waals surface area contributed by atoms with Gasteiger partial charge in [0.1, 0.15) is 6.61 Å². The van der Waals surface area contributed by atoms with E-state index in [-0.39, 0.29) is 6.61 Å². The minimum Gasteiger partial charge on any atom is -0.384 e. The van der Waals surface area contributed by atoms with Gasteiger partial charge in [0, 0.05) is 0 Å². The summed E-state index contributed by atoms with van der Waals surface area (Å²) in [6.07, 6.45) is 0. The summed E-state index contributed by atoms with van der Waals surface area (Å²) in [6, 6.07) is 0. The minimum atomic E-state index is -0.187. The van der Waals surface area contributed by atoms with E-state index in [0.717, 1.165) is 0 Å². The Bertz CT molecular complexity index is 442. The second kappa shape index (κ2) is 9.76. The van der Waals surface area contributed by atoms with E-state index in [0.29, 0.717) is 0 Å². The summed E-state index contributed by atoms with van der Waals surface area (Å²) in [5, 5.41) is 8.25. The van der Waals surface area contributed by atoms with Gasteiger partial charge in [-0.1, -0.05) is 11.8 Å². The van der Waals surface area contributed by atoms with Crippen molar-refractivity contribution in [1.29, 1.82) is 0 Å². The van der Waals surface area contributed by atoms with Crippen molar-refractivity contribution in [1.82, 2.24) is 0 Å². The van der Waals surface area contributed by atoms with Crippen molar-refractivity contribution in [3.8, 4) is 59.2 Å². The number of aliphatic hydroxyl groups is 1. The Morgan fingerprint density at radius 3 is 1.69 bits per heavy atom. The molecule has 0 aliphatic heterocycles. The fourth-order valence-electron chi connectivity index (χ4n) is 0.334. The first-order valence-corrected chi connectivity index (χ1v) is 3.42. The Kier molecular flexibility index (Phi) is 8.08. The molecule has 0 fully saturated rings. The lowest BCUT2D eigenvalue weighted by atomic mass is 10.5. The molecule has 0 atom stereocenters. The maximum atomic E-state index is 8.25. The van der Waals surface area contributed by atoms with Crippen molar-refractivity contribution >= 4 is 0 Å². The second-order valence-corrected chi connectivity index (χ2v) is 1.58. The monoisotopic (exact) mass is 166 g/mol. The van der Waals surface area contributed by atoms with E-state index >= 15 is 0 Å². The molecule has 0 heterocycles. The highest BCUT2D eigenvalue weighted by molar-refractivity contribution is 5.42. The molecule has 1 heteroatoms. The largest absolute Gasteiger partial charge is 0.384 e.